The zero-order valence-corrected chi connectivity index (χ0v) is 28.1. The first kappa shape index (κ1) is 35.5. The number of fused-ring (bicyclic) bond motifs is 6. The van der Waals surface area contributed by atoms with E-state index in [9.17, 15) is 27.6 Å². The molecule has 6 bridgehead atoms. The Kier molecular flexibility index (Phi) is 10.5. The number of halogens is 4. The van der Waals surface area contributed by atoms with Crippen LogP contribution in [0.3, 0.4) is 0 Å². The maximum Gasteiger partial charge on any atom is 0.408 e. The Balaban J connectivity index is 1.41. The van der Waals surface area contributed by atoms with Crippen LogP contribution in [0.5, 0.6) is 0 Å². The third kappa shape index (κ3) is 8.79. The summed E-state index contributed by atoms with van der Waals surface area (Å²) in [4.78, 5) is 41.3. The number of nitrogens with one attached hydrogen (secondary N) is 3. The van der Waals surface area contributed by atoms with Crippen LogP contribution in [0.4, 0.5) is 22.4 Å². The maximum atomic E-state index is 15.9. The summed E-state index contributed by atoms with van der Waals surface area (Å²) in [5.41, 5.74) is 1.67. The van der Waals surface area contributed by atoms with Gasteiger partial charge in [0.05, 0.1) is 18.5 Å². The first-order valence-electron chi connectivity index (χ1n) is 16.4. The van der Waals surface area contributed by atoms with Crippen LogP contribution < -0.4 is 16.1 Å². The average Bonchev–Trinajstić information content (AvgIpc) is 3.52. The molecule has 1 aliphatic carbocycles. The number of hydrazine groups is 1. The van der Waals surface area contributed by atoms with Crippen molar-refractivity contribution in [2.24, 2.45) is 23.2 Å². The second kappa shape index (κ2) is 13.6. The lowest BCUT2D eigenvalue weighted by atomic mass is 9.68. The van der Waals surface area contributed by atoms with Gasteiger partial charge in [0.2, 0.25) is 0 Å². The van der Waals surface area contributed by atoms with Gasteiger partial charge in [-0.1, -0.05) is 13.8 Å². The van der Waals surface area contributed by atoms with Gasteiger partial charge in [0, 0.05) is 43.3 Å². The minimum absolute atomic E-state index is 0.0362. The molecule has 262 valence electrons. The highest BCUT2D eigenvalue weighted by atomic mass is 32.2. The van der Waals surface area contributed by atoms with Crippen LogP contribution in [0.15, 0.2) is 0 Å². The number of likely N-dealkylation sites (tertiary alicyclic amines) is 1. The number of carbonyl (C=O) groups excluding carboxylic acids is 3. The number of thioether (sulfide) groups is 1. The second-order valence-electron chi connectivity index (χ2n) is 15.5. The van der Waals surface area contributed by atoms with Crippen LogP contribution >= 0.6 is 11.8 Å². The molecule has 4 aliphatic heterocycles. The van der Waals surface area contributed by atoms with Crippen LogP contribution in [0.2, 0.25) is 0 Å². The summed E-state index contributed by atoms with van der Waals surface area (Å²) in [6, 6.07) is -2.50. The summed E-state index contributed by atoms with van der Waals surface area (Å²) in [5, 5.41) is 7.29. The number of rotatable bonds is 2. The van der Waals surface area contributed by atoms with Gasteiger partial charge < -0.3 is 20.1 Å². The number of alkyl carbamates (subject to hydrolysis) is 1. The first-order chi connectivity index (χ1) is 21.4. The molecule has 0 aromatic rings. The van der Waals surface area contributed by atoms with Crippen LogP contribution in [0.25, 0.3) is 0 Å². The van der Waals surface area contributed by atoms with Gasteiger partial charge in [0.15, 0.2) is 0 Å². The summed E-state index contributed by atoms with van der Waals surface area (Å²) in [7, 11) is 0. The van der Waals surface area contributed by atoms with Crippen molar-refractivity contribution in [3.8, 4) is 0 Å². The molecule has 15 heteroatoms. The number of ether oxygens (including phenoxy) is 2. The molecular formula is C31H49F4N5O5S. The molecule has 0 aromatic heterocycles. The van der Waals surface area contributed by atoms with Gasteiger partial charge >= 0.3 is 18.2 Å². The van der Waals surface area contributed by atoms with Crippen LogP contribution in [0, 0.1) is 23.2 Å². The lowest BCUT2D eigenvalue weighted by Crippen LogP contribution is -2.61. The van der Waals surface area contributed by atoms with Crippen molar-refractivity contribution in [3.05, 3.63) is 0 Å². The topological polar surface area (TPSA) is 112 Å². The molecule has 9 atom stereocenters. The molecule has 5 rings (SSSR count). The molecule has 10 nitrogen and oxygen atoms in total. The minimum atomic E-state index is -4.39. The summed E-state index contributed by atoms with van der Waals surface area (Å²) in [5.74, 6) is -0.989. The summed E-state index contributed by atoms with van der Waals surface area (Å²) in [6.45, 7) is 8.59. The van der Waals surface area contributed by atoms with Crippen molar-refractivity contribution in [1.82, 2.24) is 26.0 Å². The quantitative estimate of drug-likeness (QED) is 0.295. The zero-order valence-electron chi connectivity index (χ0n) is 27.3. The summed E-state index contributed by atoms with van der Waals surface area (Å²) >= 11 is 1.54. The van der Waals surface area contributed by atoms with Gasteiger partial charge in [-0.15, -0.1) is 11.8 Å². The molecule has 2 amide bonds. The minimum Gasteiger partial charge on any atom is -0.464 e. The zero-order chi connectivity index (χ0) is 33.6. The fourth-order valence-corrected chi connectivity index (χ4v) is 9.39. The second-order valence-corrected chi connectivity index (χ2v) is 16.7. The predicted molar refractivity (Wildman–Crippen MR) is 164 cm³/mol. The van der Waals surface area contributed by atoms with Gasteiger partial charge in [0.25, 0.3) is 5.91 Å². The number of hydrogen-bond acceptors (Lipinski definition) is 9. The molecule has 0 radical (unpaired) electrons. The van der Waals surface area contributed by atoms with E-state index in [1.165, 1.54) is 9.91 Å². The maximum absolute atomic E-state index is 15.9. The summed E-state index contributed by atoms with van der Waals surface area (Å²) in [6.07, 6.45) is -4.21. The lowest BCUT2D eigenvalue weighted by molar-refractivity contribution is -0.155. The van der Waals surface area contributed by atoms with E-state index in [2.05, 4.69) is 16.1 Å². The van der Waals surface area contributed by atoms with Crippen molar-refractivity contribution < 1.29 is 41.4 Å². The highest BCUT2D eigenvalue weighted by Crippen LogP contribution is 2.49. The van der Waals surface area contributed by atoms with Gasteiger partial charge in [0.1, 0.15) is 23.9 Å². The Labute approximate surface area is 272 Å². The van der Waals surface area contributed by atoms with E-state index in [4.69, 9.17) is 9.47 Å². The van der Waals surface area contributed by atoms with Crippen molar-refractivity contribution in [2.45, 2.75) is 121 Å². The largest absolute Gasteiger partial charge is 0.464 e. The van der Waals surface area contributed by atoms with Gasteiger partial charge in [-0.2, -0.15) is 13.2 Å². The average molecular weight is 680 g/mol. The highest BCUT2D eigenvalue weighted by Gasteiger charge is 2.53. The molecule has 0 spiro atoms. The number of alkyl halides is 4. The van der Waals surface area contributed by atoms with Gasteiger partial charge in [-0.3, -0.25) is 19.5 Å². The Morgan fingerprint density at radius 2 is 1.89 bits per heavy atom. The monoisotopic (exact) mass is 679 g/mol. The van der Waals surface area contributed by atoms with E-state index in [0.29, 0.717) is 38.0 Å². The highest BCUT2D eigenvalue weighted by molar-refractivity contribution is 8.00. The number of hydrogen-bond donors (Lipinski definition) is 3. The predicted octanol–water partition coefficient (Wildman–Crippen LogP) is 4.00. The molecule has 4 saturated heterocycles. The fraction of sp³-hybridized carbons (Fsp3) is 0.903. The molecule has 1 saturated carbocycles. The standard InChI is InChI=1S/C31H49F4N5O5S/c1-29(2,3)45-28(43)37-22-11-25-36-23(14-46-25)19-9-18-17(13-39(15-31(33,34)35)24(18)10-20(19)32)12-30(4,5)16-44-27(42)21-7-6-8-40(38-21)26(22)41/h17-25,36,38H,6-16H2,1-5H3,(H,37,43)/t17?,18?,19?,20?,21-,22-,23?,24?,25?/m0/s1. The normalized spacial score (nSPS) is 37.7. The number of nitrogens with zero attached hydrogens (tertiary/aromatic N) is 2. The molecule has 0 aromatic carbocycles. The van der Waals surface area contributed by atoms with E-state index >= 15 is 4.39 Å². The van der Waals surface area contributed by atoms with Crippen LogP contribution in [0.1, 0.15) is 73.1 Å². The number of amides is 2. The molecule has 3 N–H and O–H groups in total. The smallest absolute Gasteiger partial charge is 0.408 e. The van der Waals surface area contributed by atoms with E-state index in [1.54, 1.807) is 32.5 Å². The molecule has 7 unspecified atom stereocenters. The van der Waals surface area contributed by atoms with Crippen molar-refractivity contribution in [2.75, 3.05) is 32.0 Å². The molecule has 4 heterocycles. The van der Waals surface area contributed by atoms with Gasteiger partial charge in [-0.25, -0.2) is 14.6 Å². The van der Waals surface area contributed by atoms with E-state index in [0.717, 1.165) is 0 Å². The van der Waals surface area contributed by atoms with Crippen molar-refractivity contribution in [3.63, 3.8) is 0 Å². The number of esters is 1. The Bertz CT molecular complexity index is 1140. The Hall–Kier alpha value is -1.84. The number of cyclic esters (lactones) is 1. The third-order valence-electron chi connectivity index (χ3n) is 9.88. The van der Waals surface area contributed by atoms with E-state index in [1.807, 2.05) is 13.8 Å². The van der Waals surface area contributed by atoms with E-state index < -0.39 is 71.9 Å². The Morgan fingerprint density at radius 3 is 2.59 bits per heavy atom. The number of carbonyl (C=O) groups is 3. The van der Waals surface area contributed by atoms with Crippen molar-refractivity contribution >= 4 is 29.7 Å². The molecular weight excluding hydrogens is 630 g/mol. The van der Waals surface area contributed by atoms with Crippen LogP contribution in [-0.4, -0.2) is 107 Å². The van der Waals surface area contributed by atoms with Crippen molar-refractivity contribution in [1.29, 1.82) is 0 Å². The molecule has 5 fully saturated rings. The third-order valence-corrected chi connectivity index (χ3v) is 11.2. The fourth-order valence-electron chi connectivity index (χ4n) is 8.00. The first-order valence-corrected chi connectivity index (χ1v) is 17.5. The SMILES string of the molecule is CC1(C)COC(=O)[C@@H]2CCCN(N2)C(=O)[C@@H](NC(=O)OC(C)(C)C)CC2NC(CS2)C2CC3C(CN(CC(F)(F)F)C3CC2F)C1. The molecule has 46 heavy (non-hydrogen) atoms. The summed E-state index contributed by atoms with van der Waals surface area (Å²) < 4.78 is 67.9. The van der Waals surface area contributed by atoms with Gasteiger partial charge in [-0.05, 0) is 70.1 Å². The Morgan fingerprint density at radius 1 is 1.15 bits per heavy atom. The molecule has 5 aliphatic rings. The lowest BCUT2D eigenvalue weighted by Gasteiger charge is -2.42. The van der Waals surface area contributed by atoms with E-state index in [-0.39, 0.29) is 49.2 Å². The van der Waals surface area contributed by atoms with Crippen LogP contribution in [-0.2, 0) is 19.1 Å².